The number of rotatable bonds is 2. The number of hydrogen-bond acceptors (Lipinski definition) is 0. The Morgan fingerprint density at radius 2 is 0.929 bits per heavy atom. The topological polar surface area (TPSA) is 0 Å². The van der Waals surface area contributed by atoms with E-state index in [1.807, 2.05) is 0 Å². The molecular formula is C27H22Si. The van der Waals surface area contributed by atoms with Crippen molar-refractivity contribution in [3.05, 3.63) is 107 Å². The molecule has 4 aromatic rings. The molecule has 1 heteroatoms. The van der Waals surface area contributed by atoms with Crippen molar-refractivity contribution in [3.63, 3.8) is 0 Å². The number of benzene rings is 4. The zero-order valence-corrected chi connectivity index (χ0v) is 17.2. The molecule has 0 N–H and O–H groups in total. The fourth-order valence-corrected chi connectivity index (χ4v) is 8.04. The second-order valence-corrected chi connectivity index (χ2v) is 10.8. The first-order chi connectivity index (χ1) is 13.8. The van der Waals surface area contributed by atoms with Gasteiger partial charge < -0.3 is 0 Å². The Labute approximate surface area is 168 Å². The van der Waals surface area contributed by atoms with Gasteiger partial charge in [0.1, 0.15) is 8.80 Å². The lowest BCUT2D eigenvalue weighted by Crippen LogP contribution is -2.42. The first kappa shape index (κ1) is 16.1. The molecular weight excluding hydrogens is 352 g/mol. The van der Waals surface area contributed by atoms with Crippen LogP contribution in [0.15, 0.2) is 84.9 Å². The molecule has 4 aromatic carbocycles. The standard InChI is InChI=1S/C27H22Si/c1-28(26-14-6-12-22-20-10-4-2-8-18(20)16-24(22)26)27-15-7-13-23-21-11-5-3-9-19(21)17-25(23)27/h2-15,28H,16-17H2,1H3. The lowest BCUT2D eigenvalue weighted by molar-refractivity contribution is 1.27. The Balaban J connectivity index is 1.48. The quantitative estimate of drug-likeness (QED) is 0.382. The van der Waals surface area contributed by atoms with Crippen molar-refractivity contribution in [3.8, 4) is 22.3 Å². The van der Waals surface area contributed by atoms with E-state index in [1.165, 1.54) is 33.4 Å². The minimum atomic E-state index is -1.27. The zero-order chi connectivity index (χ0) is 18.7. The molecule has 0 spiro atoms. The fraction of sp³-hybridized carbons (Fsp3) is 0.111. The molecule has 0 unspecified atom stereocenters. The molecule has 2 aliphatic rings. The van der Waals surface area contributed by atoms with Crippen molar-refractivity contribution in [2.75, 3.05) is 0 Å². The van der Waals surface area contributed by atoms with E-state index in [-0.39, 0.29) is 0 Å². The van der Waals surface area contributed by atoms with Gasteiger partial charge in [0.15, 0.2) is 0 Å². The van der Waals surface area contributed by atoms with Crippen LogP contribution in [0, 0.1) is 0 Å². The largest absolute Gasteiger partial charge is 0.100 e. The summed E-state index contributed by atoms with van der Waals surface area (Å²) in [7, 11) is -1.27. The fourth-order valence-electron chi connectivity index (χ4n) is 5.34. The summed E-state index contributed by atoms with van der Waals surface area (Å²) in [6.45, 7) is 2.52. The molecule has 0 aliphatic heterocycles. The van der Waals surface area contributed by atoms with Crippen molar-refractivity contribution in [1.82, 2.24) is 0 Å². The highest BCUT2D eigenvalue weighted by molar-refractivity contribution is 6.85. The minimum absolute atomic E-state index is 1.09. The molecule has 0 saturated heterocycles. The molecule has 0 amide bonds. The van der Waals surface area contributed by atoms with Crippen LogP contribution >= 0.6 is 0 Å². The van der Waals surface area contributed by atoms with Crippen LogP contribution in [0.25, 0.3) is 22.3 Å². The summed E-state index contributed by atoms with van der Waals surface area (Å²) in [6, 6.07) is 31.8. The van der Waals surface area contributed by atoms with Crippen molar-refractivity contribution in [2.24, 2.45) is 0 Å². The van der Waals surface area contributed by atoms with E-state index in [0.29, 0.717) is 0 Å². The van der Waals surface area contributed by atoms with Gasteiger partial charge in [0.05, 0.1) is 0 Å². The number of hydrogen-bond donors (Lipinski definition) is 0. The third kappa shape index (κ3) is 2.23. The van der Waals surface area contributed by atoms with E-state index in [9.17, 15) is 0 Å². The summed E-state index contributed by atoms with van der Waals surface area (Å²) >= 11 is 0. The summed E-state index contributed by atoms with van der Waals surface area (Å²) in [5, 5.41) is 3.25. The van der Waals surface area contributed by atoms with Gasteiger partial charge in [0.25, 0.3) is 0 Å². The average molecular weight is 375 g/mol. The highest BCUT2D eigenvalue weighted by Gasteiger charge is 2.27. The molecule has 0 saturated carbocycles. The third-order valence-corrected chi connectivity index (χ3v) is 9.65. The van der Waals surface area contributed by atoms with Crippen LogP contribution in [-0.4, -0.2) is 8.80 Å². The predicted octanol–water partition coefficient (Wildman–Crippen LogP) is 4.80. The van der Waals surface area contributed by atoms with Crippen molar-refractivity contribution in [2.45, 2.75) is 19.4 Å². The maximum absolute atomic E-state index is 2.52. The second-order valence-electron chi connectivity index (χ2n) is 8.14. The van der Waals surface area contributed by atoms with Gasteiger partial charge in [0, 0.05) is 0 Å². The molecule has 2 aliphatic carbocycles. The summed E-state index contributed by atoms with van der Waals surface area (Å²) in [6.07, 6.45) is 2.18. The molecule has 28 heavy (non-hydrogen) atoms. The third-order valence-electron chi connectivity index (χ3n) is 6.71. The molecule has 0 heterocycles. The van der Waals surface area contributed by atoms with Crippen molar-refractivity contribution >= 4 is 19.2 Å². The first-order valence-electron chi connectivity index (χ1n) is 10.2. The molecule has 0 aromatic heterocycles. The lowest BCUT2D eigenvalue weighted by atomic mass is 10.1. The predicted molar refractivity (Wildman–Crippen MR) is 122 cm³/mol. The Kier molecular flexibility index (Phi) is 3.48. The van der Waals surface area contributed by atoms with Crippen LogP contribution in [0.4, 0.5) is 0 Å². The highest BCUT2D eigenvalue weighted by atomic mass is 28.3. The van der Waals surface area contributed by atoms with E-state index in [0.717, 1.165) is 12.8 Å². The summed E-state index contributed by atoms with van der Waals surface area (Å²) in [5.41, 5.74) is 11.9. The molecule has 0 nitrogen and oxygen atoms in total. The molecule has 6 rings (SSSR count). The monoisotopic (exact) mass is 374 g/mol. The van der Waals surface area contributed by atoms with E-state index in [2.05, 4.69) is 91.5 Å². The van der Waals surface area contributed by atoms with Gasteiger partial charge in [-0.25, -0.2) is 0 Å². The van der Waals surface area contributed by atoms with E-state index in [1.54, 1.807) is 21.5 Å². The maximum atomic E-state index is 2.52. The van der Waals surface area contributed by atoms with E-state index < -0.39 is 8.80 Å². The van der Waals surface area contributed by atoms with Gasteiger partial charge in [-0.05, 0) is 57.3 Å². The maximum Gasteiger partial charge on any atom is 0.100 e. The Hall–Kier alpha value is -2.90. The average Bonchev–Trinajstić information content (AvgIpc) is 3.31. The van der Waals surface area contributed by atoms with Gasteiger partial charge >= 0.3 is 0 Å². The second kappa shape index (κ2) is 6.05. The Morgan fingerprint density at radius 1 is 0.500 bits per heavy atom. The van der Waals surface area contributed by atoms with Crippen LogP contribution < -0.4 is 10.4 Å². The van der Waals surface area contributed by atoms with Crippen molar-refractivity contribution in [1.29, 1.82) is 0 Å². The van der Waals surface area contributed by atoms with Crippen molar-refractivity contribution < 1.29 is 0 Å². The van der Waals surface area contributed by atoms with Crippen LogP contribution in [0.5, 0.6) is 0 Å². The molecule has 0 fully saturated rings. The molecule has 134 valence electrons. The van der Waals surface area contributed by atoms with Gasteiger partial charge in [-0.1, -0.05) is 102 Å². The van der Waals surface area contributed by atoms with E-state index >= 15 is 0 Å². The highest BCUT2D eigenvalue weighted by Crippen LogP contribution is 2.37. The Morgan fingerprint density at radius 3 is 1.43 bits per heavy atom. The summed E-state index contributed by atoms with van der Waals surface area (Å²) in [4.78, 5) is 0. The van der Waals surface area contributed by atoms with Crippen LogP contribution in [0.2, 0.25) is 6.55 Å². The van der Waals surface area contributed by atoms with Gasteiger partial charge in [0.2, 0.25) is 0 Å². The van der Waals surface area contributed by atoms with Crippen LogP contribution in [-0.2, 0) is 12.8 Å². The molecule has 0 radical (unpaired) electrons. The molecule has 0 atom stereocenters. The normalized spacial score (nSPS) is 13.2. The van der Waals surface area contributed by atoms with Gasteiger partial charge in [-0.3, -0.25) is 0 Å². The number of fused-ring (bicyclic) bond motifs is 6. The first-order valence-corrected chi connectivity index (χ1v) is 12.5. The minimum Gasteiger partial charge on any atom is -0.0641 e. The smallest absolute Gasteiger partial charge is 0.0641 e. The Bertz CT molecular complexity index is 1140. The summed E-state index contributed by atoms with van der Waals surface area (Å²) < 4.78 is 0. The molecule has 0 bridgehead atoms. The van der Waals surface area contributed by atoms with Crippen LogP contribution in [0.3, 0.4) is 0 Å². The van der Waals surface area contributed by atoms with E-state index in [4.69, 9.17) is 0 Å². The van der Waals surface area contributed by atoms with Gasteiger partial charge in [-0.15, -0.1) is 0 Å². The van der Waals surface area contributed by atoms with Crippen LogP contribution in [0.1, 0.15) is 22.3 Å². The SMILES string of the molecule is C[SiH](c1cccc2c1Cc1ccccc1-2)c1cccc2c1Cc1ccccc1-2. The van der Waals surface area contributed by atoms with Gasteiger partial charge in [-0.2, -0.15) is 0 Å². The summed E-state index contributed by atoms with van der Waals surface area (Å²) in [5.74, 6) is 0. The lowest BCUT2D eigenvalue weighted by Gasteiger charge is -2.19. The zero-order valence-electron chi connectivity index (χ0n) is 16.1.